The third-order valence-electron chi connectivity index (χ3n) is 8.34. The van der Waals surface area contributed by atoms with Crippen molar-refractivity contribution in [3.63, 3.8) is 0 Å². The Kier molecular flexibility index (Phi) is 6.98. The number of piperazine rings is 1. The second-order valence-corrected chi connectivity index (χ2v) is 12.8. The van der Waals surface area contributed by atoms with Gasteiger partial charge in [-0.05, 0) is 56.3 Å². The summed E-state index contributed by atoms with van der Waals surface area (Å²) in [4.78, 5) is 25.4. The van der Waals surface area contributed by atoms with Crippen LogP contribution < -0.4 is 15.1 Å². The number of rotatable bonds is 6. The standard InChI is InChI=1S/C28H36N6O4S/c1-29-20-17-22(18-20)34-19-25(28(35)33-13-15-38-16-14-33)24-7-8-26(30-27(24)34)32-11-9-31(10-12-32)21-3-5-23(6-4-21)39(2,36)37/h3-8,19-20,22,29H,9-18H2,1-2H3. The number of hydrogen-bond donors (Lipinski definition) is 1. The lowest BCUT2D eigenvalue weighted by Gasteiger charge is -2.37. The van der Waals surface area contributed by atoms with Gasteiger partial charge in [-0.1, -0.05) is 0 Å². The number of fused-ring (bicyclic) bond motifs is 1. The highest BCUT2D eigenvalue weighted by atomic mass is 32.2. The van der Waals surface area contributed by atoms with Crippen LogP contribution >= 0.6 is 0 Å². The van der Waals surface area contributed by atoms with Gasteiger partial charge in [-0.15, -0.1) is 0 Å². The maximum absolute atomic E-state index is 13.5. The number of hydrogen-bond acceptors (Lipinski definition) is 8. The average Bonchev–Trinajstić information content (AvgIpc) is 3.31. The smallest absolute Gasteiger partial charge is 0.256 e. The number of sulfone groups is 1. The zero-order valence-electron chi connectivity index (χ0n) is 22.5. The van der Waals surface area contributed by atoms with Crippen molar-refractivity contribution >= 4 is 38.3 Å². The number of pyridine rings is 1. The summed E-state index contributed by atoms with van der Waals surface area (Å²) in [5, 5.41) is 4.27. The van der Waals surface area contributed by atoms with Crippen LogP contribution in [-0.4, -0.2) is 101 Å². The van der Waals surface area contributed by atoms with Crippen molar-refractivity contribution in [1.82, 2.24) is 19.8 Å². The summed E-state index contributed by atoms with van der Waals surface area (Å²) in [6.45, 7) is 5.61. The molecule has 1 amide bonds. The molecular formula is C28H36N6O4S. The van der Waals surface area contributed by atoms with Gasteiger partial charge in [0.25, 0.3) is 5.91 Å². The molecule has 3 fully saturated rings. The molecule has 3 aliphatic rings. The number of benzene rings is 1. The molecular weight excluding hydrogens is 516 g/mol. The Morgan fingerprint density at radius 3 is 2.26 bits per heavy atom. The van der Waals surface area contributed by atoms with Gasteiger partial charge in [0.15, 0.2) is 9.84 Å². The first-order valence-corrected chi connectivity index (χ1v) is 15.6. The van der Waals surface area contributed by atoms with E-state index in [0.717, 1.165) is 67.1 Å². The fraction of sp³-hybridized carbons (Fsp3) is 0.500. The minimum absolute atomic E-state index is 0.0524. The molecule has 3 aromatic rings. The van der Waals surface area contributed by atoms with E-state index in [0.29, 0.717) is 43.3 Å². The number of aromatic nitrogens is 2. The average molecular weight is 553 g/mol. The maximum atomic E-state index is 13.5. The Hall–Kier alpha value is -3.15. The van der Waals surface area contributed by atoms with Crippen molar-refractivity contribution in [3.05, 3.63) is 48.2 Å². The van der Waals surface area contributed by atoms with Gasteiger partial charge in [0, 0.05) is 74.9 Å². The number of amides is 1. The van der Waals surface area contributed by atoms with Crippen molar-refractivity contribution in [2.75, 3.05) is 75.6 Å². The van der Waals surface area contributed by atoms with E-state index in [-0.39, 0.29) is 5.91 Å². The molecule has 208 valence electrons. The first-order valence-electron chi connectivity index (χ1n) is 13.7. The van der Waals surface area contributed by atoms with E-state index in [4.69, 9.17) is 9.72 Å². The van der Waals surface area contributed by atoms with E-state index in [1.54, 1.807) is 12.1 Å². The van der Waals surface area contributed by atoms with Crippen LogP contribution in [0.1, 0.15) is 29.2 Å². The molecule has 1 saturated carbocycles. The number of carbonyl (C=O) groups excluding carboxylic acids is 1. The van der Waals surface area contributed by atoms with E-state index in [9.17, 15) is 13.2 Å². The van der Waals surface area contributed by atoms with Crippen LogP contribution in [0.5, 0.6) is 0 Å². The Bertz CT molecular complexity index is 1450. The molecule has 10 nitrogen and oxygen atoms in total. The van der Waals surface area contributed by atoms with Gasteiger partial charge < -0.3 is 29.3 Å². The minimum Gasteiger partial charge on any atom is -0.378 e. The monoisotopic (exact) mass is 552 g/mol. The lowest BCUT2D eigenvalue weighted by Crippen LogP contribution is -2.46. The molecule has 0 bridgehead atoms. The number of morpholine rings is 1. The molecule has 2 saturated heterocycles. The van der Waals surface area contributed by atoms with Gasteiger partial charge in [0.2, 0.25) is 0 Å². The van der Waals surface area contributed by atoms with Crippen LogP contribution in [-0.2, 0) is 14.6 Å². The Morgan fingerprint density at radius 2 is 1.62 bits per heavy atom. The highest BCUT2D eigenvalue weighted by Crippen LogP contribution is 2.37. The number of anilines is 2. The summed E-state index contributed by atoms with van der Waals surface area (Å²) in [6.07, 6.45) is 5.29. The van der Waals surface area contributed by atoms with Crippen LogP contribution in [0.25, 0.3) is 11.0 Å². The van der Waals surface area contributed by atoms with Crippen molar-refractivity contribution in [2.45, 2.75) is 29.8 Å². The highest BCUT2D eigenvalue weighted by Gasteiger charge is 2.33. The Morgan fingerprint density at radius 1 is 0.949 bits per heavy atom. The topological polar surface area (TPSA) is 100 Å². The predicted octanol–water partition coefficient (Wildman–Crippen LogP) is 2.16. The van der Waals surface area contributed by atoms with Crippen LogP contribution in [0.4, 0.5) is 11.5 Å². The zero-order chi connectivity index (χ0) is 27.1. The van der Waals surface area contributed by atoms with Gasteiger partial charge in [-0.25, -0.2) is 13.4 Å². The fourth-order valence-electron chi connectivity index (χ4n) is 5.83. The normalized spacial score (nSPS) is 22.3. The third-order valence-corrected chi connectivity index (χ3v) is 9.47. The molecule has 1 aliphatic carbocycles. The third kappa shape index (κ3) is 5.10. The molecule has 1 aromatic carbocycles. The number of nitrogens with one attached hydrogen (secondary N) is 1. The summed E-state index contributed by atoms with van der Waals surface area (Å²) < 4.78 is 31.3. The molecule has 0 spiro atoms. The number of ether oxygens (including phenoxy) is 1. The SMILES string of the molecule is CNC1CC(n2cc(C(=O)N3CCOCC3)c3ccc(N4CCN(c5ccc(S(C)(=O)=O)cc5)CC4)nc32)C1. The summed E-state index contributed by atoms with van der Waals surface area (Å²) in [5.74, 6) is 0.973. The van der Waals surface area contributed by atoms with Crippen molar-refractivity contribution in [3.8, 4) is 0 Å². The predicted molar refractivity (Wildman–Crippen MR) is 152 cm³/mol. The second-order valence-electron chi connectivity index (χ2n) is 10.7. The highest BCUT2D eigenvalue weighted by molar-refractivity contribution is 7.90. The molecule has 0 radical (unpaired) electrons. The molecule has 4 heterocycles. The van der Waals surface area contributed by atoms with Gasteiger partial charge >= 0.3 is 0 Å². The van der Waals surface area contributed by atoms with Crippen LogP contribution in [0.15, 0.2) is 47.5 Å². The summed E-state index contributed by atoms with van der Waals surface area (Å²) in [6, 6.07) is 12.0. The largest absolute Gasteiger partial charge is 0.378 e. The lowest BCUT2D eigenvalue weighted by atomic mass is 9.87. The van der Waals surface area contributed by atoms with E-state index < -0.39 is 9.84 Å². The van der Waals surface area contributed by atoms with Crippen molar-refractivity contribution in [1.29, 1.82) is 0 Å². The lowest BCUT2D eigenvalue weighted by molar-refractivity contribution is 0.0304. The molecule has 6 rings (SSSR count). The summed E-state index contributed by atoms with van der Waals surface area (Å²) in [5.41, 5.74) is 2.62. The fourth-order valence-corrected chi connectivity index (χ4v) is 6.46. The van der Waals surface area contributed by atoms with E-state index >= 15 is 0 Å². The molecule has 1 N–H and O–H groups in total. The van der Waals surface area contributed by atoms with Crippen molar-refractivity contribution < 1.29 is 17.9 Å². The van der Waals surface area contributed by atoms with E-state index in [1.165, 1.54) is 6.26 Å². The molecule has 39 heavy (non-hydrogen) atoms. The summed E-state index contributed by atoms with van der Waals surface area (Å²) >= 11 is 0. The van der Waals surface area contributed by atoms with Crippen LogP contribution in [0.2, 0.25) is 0 Å². The van der Waals surface area contributed by atoms with Gasteiger partial charge in [-0.2, -0.15) is 0 Å². The molecule has 0 unspecified atom stereocenters. The Labute approximate surface area is 229 Å². The van der Waals surface area contributed by atoms with Gasteiger partial charge in [0.1, 0.15) is 11.5 Å². The van der Waals surface area contributed by atoms with E-state index in [1.807, 2.05) is 36.3 Å². The molecule has 11 heteroatoms. The zero-order valence-corrected chi connectivity index (χ0v) is 23.4. The van der Waals surface area contributed by atoms with Crippen LogP contribution in [0.3, 0.4) is 0 Å². The first-order chi connectivity index (χ1) is 18.8. The number of carbonyl (C=O) groups is 1. The van der Waals surface area contributed by atoms with Gasteiger partial charge in [0.05, 0.1) is 23.7 Å². The quantitative estimate of drug-likeness (QED) is 0.497. The summed E-state index contributed by atoms with van der Waals surface area (Å²) in [7, 11) is -1.21. The molecule has 2 aliphatic heterocycles. The second kappa shape index (κ2) is 10.4. The van der Waals surface area contributed by atoms with Crippen molar-refractivity contribution in [2.24, 2.45) is 0 Å². The Balaban J connectivity index is 1.23. The van der Waals surface area contributed by atoms with E-state index in [2.05, 4.69) is 25.8 Å². The molecule has 0 atom stereocenters. The maximum Gasteiger partial charge on any atom is 0.256 e. The first kappa shape index (κ1) is 26.1. The number of nitrogens with zero attached hydrogens (tertiary/aromatic N) is 5. The minimum atomic E-state index is -3.21. The molecule has 2 aromatic heterocycles. The van der Waals surface area contributed by atoms with Gasteiger partial charge in [-0.3, -0.25) is 4.79 Å². The van der Waals surface area contributed by atoms with Crippen LogP contribution in [0, 0.1) is 0 Å².